The zero-order chi connectivity index (χ0) is 57.2. The summed E-state index contributed by atoms with van der Waals surface area (Å²) in [5.41, 5.74) is 0. The molecule has 1 amide bonds. The first-order chi connectivity index (χ1) is 37.9. The Morgan fingerprint density at radius 3 is 1.21 bits per heavy atom. The number of quaternary nitrogens is 1. The number of nitrogens with zero attached hydrogens (tertiary/aromatic N) is 1. The summed E-state index contributed by atoms with van der Waals surface area (Å²) in [4.78, 5) is 39.9. The van der Waals surface area contributed by atoms with Crippen molar-refractivity contribution in [3.63, 3.8) is 0 Å². The largest absolute Gasteiger partial charge is 0.756 e. The molecule has 0 aromatic heterocycles. The van der Waals surface area contributed by atoms with Gasteiger partial charge in [-0.3, -0.25) is 14.2 Å². The molecule has 0 bridgehead atoms. The van der Waals surface area contributed by atoms with Crippen LogP contribution in [0.5, 0.6) is 0 Å². The molecule has 0 fully saturated rings. The highest BCUT2D eigenvalue weighted by Gasteiger charge is 2.27. The van der Waals surface area contributed by atoms with E-state index < -0.39 is 32.5 Å². The first-order valence-electron chi connectivity index (χ1n) is 33.1. The molecule has 3 unspecified atom stereocenters. The van der Waals surface area contributed by atoms with Crippen molar-refractivity contribution in [2.24, 2.45) is 0 Å². The molecule has 1 N–H and O–H groups in total. The van der Waals surface area contributed by atoms with Gasteiger partial charge < -0.3 is 28.5 Å². The normalized spacial score (nSPS) is 14.0. The minimum atomic E-state index is -4.71. The maximum absolute atomic E-state index is 13.5. The van der Waals surface area contributed by atoms with Gasteiger partial charge in [0.25, 0.3) is 7.82 Å². The van der Waals surface area contributed by atoms with Crippen LogP contribution >= 0.6 is 7.82 Å². The molecule has 0 aromatic carbocycles. The second-order valence-electron chi connectivity index (χ2n) is 23.6. The minimum absolute atomic E-state index is 0.0295. The van der Waals surface area contributed by atoms with E-state index >= 15 is 0 Å². The van der Waals surface area contributed by atoms with Gasteiger partial charge in [0.05, 0.1) is 33.8 Å². The minimum Gasteiger partial charge on any atom is -0.756 e. The molecule has 0 spiro atoms. The zero-order valence-electron chi connectivity index (χ0n) is 52.1. The second-order valence-corrected chi connectivity index (χ2v) is 25.0. The Labute approximate surface area is 483 Å². The molecule has 0 radical (unpaired) electrons. The average molecular weight is 1120 g/mol. The van der Waals surface area contributed by atoms with E-state index in [4.69, 9.17) is 13.8 Å². The fourth-order valence-corrected chi connectivity index (χ4v) is 10.3. The van der Waals surface area contributed by atoms with Crippen molar-refractivity contribution in [3.8, 4) is 0 Å². The number of amides is 1. The number of carbonyl (C=O) groups excluding carboxylic acids is 2. The number of hydrogen-bond acceptors (Lipinski definition) is 7. The van der Waals surface area contributed by atoms with Crippen LogP contribution in [0, 0.1) is 0 Å². The number of likely N-dealkylation sites (N-methyl/N-ethyl adjacent to an activating group) is 1. The highest BCUT2D eigenvalue weighted by molar-refractivity contribution is 7.45. The Bertz CT molecular complexity index is 1520. The number of phosphoric acid groups is 1. The van der Waals surface area contributed by atoms with Crippen molar-refractivity contribution in [1.29, 1.82) is 0 Å². The van der Waals surface area contributed by atoms with Crippen LogP contribution in [-0.2, 0) is 27.9 Å². The van der Waals surface area contributed by atoms with Crippen LogP contribution in [-0.4, -0.2) is 69.4 Å². The Kier molecular flexibility index (Phi) is 56.2. The summed E-state index contributed by atoms with van der Waals surface area (Å²) in [6.45, 7) is 6.80. The Morgan fingerprint density at radius 2 is 0.795 bits per heavy atom. The summed E-state index contributed by atoms with van der Waals surface area (Å²) in [6, 6.07) is -0.910. The van der Waals surface area contributed by atoms with Crippen LogP contribution in [0.15, 0.2) is 60.8 Å². The van der Waals surface area contributed by atoms with Crippen LogP contribution in [0.3, 0.4) is 0 Å². The van der Waals surface area contributed by atoms with Gasteiger partial charge in [-0.25, -0.2) is 0 Å². The maximum Gasteiger partial charge on any atom is 0.306 e. The first-order valence-corrected chi connectivity index (χ1v) is 34.6. The van der Waals surface area contributed by atoms with Gasteiger partial charge in [-0.15, -0.1) is 0 Å². The third kappa shape index (κ3) is 58.4. The molecule has 78 heavy (non-hydrogen) atoms. The standard InChI is InChI=1S/C68H127N2O7P/c1-7-10-13-16-19-22-25-28-29-30-31-32-33-34-35-36-37-38-39-40-41-43-45-48-51-54-57-60-67(71)69-65(64-76-78(73,74)75-63-62-70(4,5)6)66(59-56-53-50-47-44-27-24-21-18-15-12-9-3)77-68(72)61-58-55-52-49-46-42-26-23-20-17-14-11-8-2/h19,22,28-29,42,46,52,55-56,59,65-66H,7-18,20-21,23-27,30-41,43-45,47-51,53-54,57-58,60-64H2,1-6H3,(H-,69,71,73,74)/b22-19-,29-28-,46-42-,55-52+,59-56-. The summed E-state index contributed by atoms with van der Waals surface area (Å²) >= 11 is 0. The molecule has 0 saturated heterocycles. The average Bonchev–Trinajstić information content (AvgIpc) is 3.40. The third-order valence-corrected chi connectivity index (χ3v) is 15.6. The highest BCUT2D eigenvalue weighted by Crippen LogP contribution is 2.38. The van der Waals surface area contributed by atoms with Gasteiger partial charge >= 0.3 is 5.97 Å². The molecule has 0 aliphatic heterocycles. The lowest BCUT2D eigenvalue weighted by Gasteiger charge is -2.30. The molecular formula is C68H127N2O7P. The van der Waals surface area contributed by atoms with E-state index in [2.05, 4.69) is 68.6 Å². The predicted octanol–water partition coefficient (Wildman–Crippen LogP) is 20.0. The molecule has 0 aromatic rings. The van der Waals surface area contributed by atoms with E-state index in [1.165, 1.54) is 212 Å². The summed E-state index contributed by atoms with van der Waals surface area (Å²) in [6.07, 6.45) is 73.6. The molecule has 0 aliphatic carbocycles. The highest BCUT2D eigenvalue weighted by atomic mass is 31.2. The van der Waals surface area contributed by atoms with Crippen LogP contribution in [0.4, 0.5) is 0 Å². The van der Waals surface area contributed by atoms with Gasteiger partial charge in [0, 0.05) is 12.8 Å². The van der Waals surface area contributed by atoms with Crippen molar-refractivity contribution >= 4 is 19.7 Å². The quantitative estimate of drug-likeness (QED) is 0.0212. The number of phosphoric ester groups is 1. The number of nitrogens with one attached hydrogen (secondary N) is 1. The van der Waals surface area contributed by atoms with Crippen molar-refractivity contribution in [2.45, 2.75) is 322 Å². The van der Waals surface area contributed by atoms with Gasteiger partial charge in [-0.1, -0.05) is 275 Å². The number of unbranched alkanes of at least 4 members (excludes halogenated alkanes) is 36. The maximum atomic E-state index is 13.5. The van der Waals surface area contributed by atoms with Gasteiger partial charge in [-0.05, 0) is 83.1 Å². The molecule has 0 aliphatic rings. The van der Waals surface area contributed by atoms with Crippen LogP contribution in [0.25, 0.3) is 0 Å². The monoisotopic (exact) mass is 1110 g/mol. The number of ether oxygens (including phenoxy) is 1. The lowest BCUT2D eigenvalue weighted by molar-refractivity contribution is -0.870. The molecular weight excluding hydrogens is 988 g/mol. The molecule has 9 nitrogen and oxygen atoms in total. The van der Waals surface area contributed by atoms with Crippen molar-refractivity contribution in [3.05, 3.63) is 60.8 Å². The van der Waals surface area contributed by atoms with Gasteiger partial charge in [0.2, 0.25) is 5.91 Å². The number of hydrogen-bond donors (Lipinski definition) is 1. The predicted molar refractivity (Wildman–Crippen MR) is 335 cm³/mol. The topological polar surface area (TPSA) is 114 Å². The summed E-state index contributed by atoms with van der Waals surface area (Å²) in [5, 5.41) is 3.02. The van der Waals surface area contributed by atoms with E-state index in [-0.39, 0.29) is 18.9 Å². The molecule has 456 valence electrons. The van der Waals surface area contributed by atoms with Gasteiger partial charge in [0.1, 0.15) is 19.3 Å². The Balaban J connectivity index is 5.03. The smallest absolute Gasteiger partial charge is 0.306 e. The molecule has 0 rings (SSSR count). The van der Waals surface area contributed by atoms with Gasteiger partial charge in [0.15, 0.2) is 0 Å². The zero-order valence-corrected chi connectivity index (χ0v) is 53.0. The number of esters is 1. The van der Waals surface area contributed by atoms with E-state index in [1.807, 2.05) is 39.4 Å². The summed E-state index contributed by atoms with van der Waals surface area (Å²) in [7, 11) is 1.17. The van der Waals surface area contributed by atoms with Crippen molar-refractivity contribution in [2.75, 3.05) is 40.9 Å². The fourth-order valence-electron chi connectivity index (χ4n) is 9.55. The lowest BCUT2D eigenvalue weighted by Crippen LogP contribution is -2.47. The van der Waals surface area contributed by atoms with Crippen molar-refractivity contribution < 1.29 is 37.3 Å². The Hall–Kier alpha value is -2.29. The van der Waals surface area contributed by atoms with E-state index in [1.54, 1.807) is 0 Å². The van der Waals surface area contributed by atoms with E-state index in [9.17, 15) is 19.0 Å². The number of rotatable bonds is 60. The van der Waals surface area contributed by atoms with E-state index in [0.29, 0.717) is 23.9 Å². The van der Waals surface area contributed by atoms with Crippen molar-refractivity contribution in [1.82, 2.24) is 5.32 Å². The molecule has 0 saturated carbocycles. The summed E-state index contributed by atoms with van der Waals surface area (Å²) in [5.74, 6) is -0.610. The SMILES string of the molecule is CCCCC/C=C\C/C=C\CCCCCCCCCCCCCCCCCCCC(=O)NC(COP(=O)([O-])OCC[N+](C)(C)C)C(/C=C\CCCCCCCCCCCC)OC(=O)CC/C=C/C/C=C\CCCCCCCC. The number of allylic oxidation sites excluding steroid dienone is 9. The number of carbonyl (C=O) groups is 2. The summed E-state index contributed by atoms with van der Waals surface area (Å²) < 4.78 is 30.3. The first kappa shape index (κ1) is 75.7. The molecule has 3 atom stereocenters. The lowest BCUT2D eigenvalue weighted by atomic mass is 10.0. The van der Waals surface area contributed by atoms with Crippen LogP contribution in [0.1, 0.15) is 310 Å². The fraction of sp³-hybridized carbons (Fsp3) is 0.824. The third-order valence-electron chi connectivity index (χ3n) is 14.7. The Morgan fingerprint density at radius 1 is 0.449 bits per heavy atom. The second kappa shape index (κ2) is 57.9. The van der Waals surface area contributed by atoms with Crippen LogP contribution in [0.2, 0.25) is 0 Å². The molecule has 0 heterocycles. The van der Waals surface area contributed by atoms with Crippen LogP contribution < -0.4 is 10.2 Å². The molecule has 10 heteroatoms. The van der Waals surface area contributed by atoms with E-state index in [0.717, 1.165) is 57.8 Å². The van der Waals surface area contributed by atoms with Gasteiger partial charge in [-0.2, -0.15) is 0 Å².